The van der Waals surface area contributed by atoms with Gasteiger partial charge in [-0.1, -0.05) is 0 Å². The summed E-state index contributed by atoms with van der Waals surface area (Å²) in [6.07, 6.45) is 1.84. The first kappa shape index (κ1) is 9.94. The van der Waals surface area contributed by atoms with Crippen LogP contribution in [0.5, 0.6) is 5.75 Å². The molecule has 0 spiro atoms. The van der Waals surface area contributed by atoms with Crippen molar-refractivity contribution in [2.45, 2.75) is 18.4 Å². The van der Waals surface area contributed by atoms with E-state index in [0.717, 1.165) is 12.8 Å². The van der Waals surface area contributed by atoms with Gasteiger partial charge in [0.2, 0.25) is 0 Å². The summed E-state index contributed by atoms with van der Waals surface area (Å²) in [5, 5.41) is 8.77. The van der Waals surface area contributed by atoms with Gasteiger partial charge in [0.15, 0.2) is 0 Å². The molecule has 2 N–H and O–H groups in total. The first-order valence-corrected chi connectivity index (χ1v) is 4.74. The average Bonchev–Trinajstić information content (AvgIpc) is 2.95. The lowest BCUT2D eigenvalue weighted by Gasteiger charge is -2.11. The number of nitriles is 1. The molecule has 0 bridgehead atoms. The topological polar surface area (TPSA) is 59.0 Å². The number of rotatable bonds is 3. The van der Waals surface area contributed by atoms with E-state index in [2.05, 4.69) is 0 Å². The van der Waals surface area contributed by atoms with E-state index in [1.807, 2.05) is 6.07 Å². The van der Waals surface area contributed by atoms with E-state index < -0.39 is 5.82 Å². The fourth-order valence-corrected chi connectivity index (χ4v) is 1.23. The molecule has 4 heteroatoms. The highest BCUT2D eigenvalue weighted by atomic mass is 19.1. The number of nitrogens with zero attached hydrogens (tertiary/aromatic N) is 1. The summed E-state index contributed by atoms with van der Waals surface area (Å²) >= 11 is 0. The van der Waals surface area contributed by atoms with Crippen LogP contribution in [0.15, 0.2) is 18.2 Å². The van der Waals surface area contributed by atoms with E-state index in [4.69, 9.17) is 15.7 Å². The lowest BCUT2D eigenvalue weighted by molar-refractivity contribution is 0.277. The molecule has 1 fully saturated rings. The van der Waals surface area contributed by atoms with E-state index in [1.54, 1.807) is 0 Å². The van der Waals surface area contributed by atoms with Crippen molar-refractivity contribution in [1.29, 1.82) is 5.26 Å². The first-order valence-electron chi connectivity index (χ1n) is 4.74. The predicted octanol–water partition coefficient (Wildman–Crippen LogP) is 1.57. The minimum absolute atomic E-state index is 0.265. The van der Waals surface area contributed by atoms with Gasteiger partial charge in [0, 0.05) is 6.07 Å². The second-order valence-electron chi connectivity index (χ2n) is 3.90. The van der Waals surface area contributed by atoms with Gasteiger partial charge in [-0.2, -0.15) is 5.26 Å². The van der Waals surface area contributed by atoms with Crippen LogP contribution in [0.25, 0.3) is 0 Å². The molecule has 15 heavy (non-hydrogen) atoms. The molecule has 1 aliphatic carbocycles. The van der Waals surface area contributed by atoms with Crippen molar-refractivity contribution in [3.8, 4) is 11.8 Å². The molecule has 1 aromatic rings. The molecule has 0 heterocycles. The molecular weight excluding hydrogens is 195 g/mol. The number of hydrogen-bond donors (Lipinski definition) is 1. The van der Waals surface area contributed by atoms with Crippen LogP contribution < -0.4 is 10.5 Å². The molecule has 1 saturated carbocycles. The van der Waals surface area contributed by atoms with Crippen molar-refractivity contribution in [3.05, 3.63) is 29.6 Å². The summed E-state index contributed by atoms with van der Waals surface area (Å²) in [5.41, 5.74) is 5.89. The third-order valence-corrected chi connectivity index (χ3v) is 2.47. The third-order valence-electron chi connectivity index (χ3n) is 2.47. The zero-order valence-electron chi connectivity index (χ0n) is 8.16. The normalized spacial score (nSPS) is 16.9. The highest BCUT2D eigenvalue weighted by molar-refractivity contribution is 5.43. The summed E-state index contributed by atoms with van der Waals surface area (Å²) < 4.78 is 18.2. The quantitative estimate of drug-likeness (QED) is 0.816. The van der Waals surface area contributed by atoms with Gasteiger partial charge in [-0.25, -0.2) is 4.39 Å². The number of ether oxygens (including phenoxy) is 1. The van der Waals surface area contributed by atoms with Crippen molar-refractivity contribution >= 4 is 0 Å². The number of halogens is 1. The molecule has 0 aromatic heterocycles. The van der Waals surface area contributed by atoms with Crippen LogP contribution in [-0.2, 0) is 0 Å². The largest absolute Gasteiger partial charge is 0.490 e. The summed E-state index contributed by atoms with van der Waals surface area (Å²) in [6, 6.07) is 5.80. The van der Waals surface area contributed by atoms with Crippen LogP contribution in [0, 0.1) is 17.1 Å². The molecule has 78 valence electrons. The van der Waals surface area contributed by atoms with E-state index in [-0.39, 0.29) is 11.3 Å². The Balaban J connectivity index is 2.12. The van der Waals surface area contributed by atoms with E-state index in [1.165, 1.54) is 18.2 Å². The van der Waals surface area contributed by atoms with Crippen LogP contribution in [-0.4, -0.2) is 12.1 Å². The minimum Gasteiger partial charge on any atom is -0.490 e. The Morgan fingerprint density at radius 1 is 1.53 bits per heavy atom. The fourth-order valence-electron chi connectivity index (χ4n) is 1.23. The van der Waals surface area contributed by atoms with Crippen molar-refractivity contribution in [2.24, 2.45) is 5.73 Å². The molecule has 0 amide bonds. The highest BCUT2D eigenvalue weighted by Gasteiger charge is 2.39. The van der Waals surface area contributed by atoms with Crippen molar-refractivity contribution in [3.63, 3.8) is 0 Å². The molecule has 1 aliphatic rings. The Hall–Kier alpha value is -1.60. The molecular formula is C11H11FN2O. The van der Waals surface area contributed by atoms with Crippen LogP contribution in [0.1, 0.15) is 18.4 Å². The molecule has 1 aromatic carbocycles. The van der Waals surface area contributed by atoms with E-state index in [9.17, 15) is 4.39 Å². The standard InChI is InChI=1S/C11H11FN2O/c12-9-2-1-8(6-13)10(5-9)15-7-11(14)3-4-11/h1-2,5H,3-4,7,14H2. The Bertz CT molecular complexity index is 421. The van der Waals surface area contributed by atoms with Crippen molar-refractivity contribution in [1.82, 2.24) is 0 Å². The summed E-state index contributed by atoms with van der Waals surface area (Å²) in [6.45, 7) is 0.338. The van der Waals surface area contributed by atoms with Gasteiger partial charge in [0.25, 0.3) is 0 Å². The van der Waals surface area contributed by atoms with Gasteiger partial charge in [-0.3, -0.25) is 0 Å². The summed E-state index contributed by atoms with van der Waals surface area (Å²) in [4.78, 5) is 0. The summed E-state index contributed by atoms with van der Waals surface area (Å²) in [5.74, 6) is -0.139. The van der Waals surface area contributed by atoms with E-state index >= 15 is 0 Å². The lowest BCUT2D eigenvalue weighted by atomic mass is 10.2. The summed E-state index contributed by atoms with van der Waals surface area (Å²) in [7, 11) is 0. The Morgan fingerprint density at radius 3 is 2.87 bits per heavy atom. The van der Waals surface area contributed by atoms with Gasteiger partial charge in [-0.05, 0) is 25.0 Å². The molecule has 0 radical (unpaired) electrons. The second-order valence-corrected chi connectivity index (χ2v) is 3.90. The molecule has 0 saturated heterocycles. The van der Waals surface area contributed by atoms with E-state index in [0.29, 0.717) is 12.2 Å². The van der Waals surface area contributed by atoms with Gasteiger partial charge < -0.3 is 10.5 Å². The predicted molar refractivity (Wildman–Crippen MR) is 52.8 cm³/mol. The highest BCUT2D eigenvalue weighted by Crippen LogP contribution is 2.33. The average molecular weight is 206 g/mol. The zero-order valence-corrected chi connectivity index (χ0v) is 8.16. The van der Waals surface area contributed by atoms with Gasteiger partial charge in [-0.15, -0.1) is 0 Å². The van der Waals surface area contributed by atoms with Crippen LogP contribution in [0.4, 0.5) is 4.39 Å². The van der Waals surface area contributed by atoms with Crippen LogP contribution in [0.3, 0.4) is 0 Å². The zero-order chi connectivity index (χ0) is 10.9. The minimum atomic E-state index is -0.411. The Kier molecular flexibility index (Phi) is 2.33. The van der Waals surface area contributed by atoms with Crippen molar-refractivity contribution < 1.29 is 9.13 Å². The Labute approximate surface area is 87.3 Å². The molecule has 3 nitrogen and oxygen atoms in total. The maximum absolute atomic E-state index is 12.9. The first-order chi connectivity index (χ1) is 7.13. The lowest BCUT2D eigenvalue weighted by Crippen LogP contribution is -2.29. The number of hydrogen-bond acceptors (Lipinski definition) is 3. The maximum atomic E-state index is 12.9. The SMILES string of the molecule is N#Cc1ccc(F)cc1OCC1(N)CC1. The second kappa shape index (κ2) is 3.52. The van der Waals surface area contributed by atoms with Crippen molar-refractivity contribution in [2.75, 3.05) is 6.61 Å². The molecule has 2 rings (SSSR count). The molecule has 0 atom stereocenters. The Morgan fingerprint density at radius 2 is 2.27 bits per heavy atom. The third kappa shape index (κ3) is 2.25. The number of benzene rings is 1. The molecule has 0 unspecified atom stereocenters. The molecule has 0 aliphatic heterocycles. The maximum Gasteiger partial charge on any atom is 0.140 e. The van der Waals surface area contributed by atoms with Crippen LogP contribution in [0.2, 0.25) is 0 Å². The van der Waals surface area contributed by atoms with Gasteiger partial charge in [0.1, 0.15) is 24.2 Å². The van der Waals surface area contributed by atoms with Gasteiger partial charge >= 0.3 is 0 Å². The smallest absolute Gasteiger partial charge is 0.140 e. The fraction of sp³-hybridized carbons (Fsp3) is 0.364. The number of nitrogens with two attached hydrogens (primary N) is 1. The van der Waals surface area contributed by atoms with Crippen LogP contribution >= 0.6 is 0 Å². The monoisotopic (exact) mass is 206 g/mol. The van der Waals surface area contributed by atoms with Gasteiger partial charge in [0.05, 0.1) is 11.1 Å².